The van der Waals surface area contributed by atoms with Gasteiger partial charge in [-0.3, -0.25) is 19.2 Å². The second kappa shape index (κ2) is 9.97. The summed E-state index contributed by atoms with van der Waals surface area (Å²) in [5.41, 5.74) is 6.61. The molecule has 5 N–H and O–H groups in total. The number of hydrogen-bond donors (Lipinski definition) is 4. The Bertz CT molecular complexity index is 695. The van der Waals surface area contributed by atoms with E-state index in [4.69, 9.17) is 15.6 Å². The van der Waals surface area contributed by atoms with Crippen molar-refractivity contribution < 1.29 is 33.4 Å². The van der Waals surface area contributed by atoms with Gasteiger partial charge in [0.15, 0.2) is 5.78 Å². The molecule has 2 amide bonds. The van der Waals surface area contributed by atoms with E-state index in [-0.39, 0.29) is 6.42 Å². The molecule has 0 aromatic heterocycles. The topological polar surface area (TPSA) is 148 Å². The second-order valence-electron chi connectivity index (χ2n) is 5.34. The minimum absolute atomic E-state index is 0.108. The Balaban J connectivity index is 2.58. The van der Waals surface area contributed by atoms with Gasteiger partial charge in [0.25, 0.3) is 0 Å². The Morgan fingerprint density at radius 2 is 1.96 bits per heavy atom. The molecule has 0 aliphatic heterocycles. The van der Waals surface area contributed by atoms with E-state index in [1.54, 1.807) is 18.2 Å². The summed E-state index contributed by atoms with van der Waals surface area (Å²) in [6, 6.07) is 3.28. The SMILES string of the molecule is COc1ccc(N)cc1CC(=O)NCC(=O)NC(CC(=O)O)C(=O)CF. The molecule has 142 valence electrons. The average molecular weight is 369 g/mol. The van der Waals surface area contributed by atoms with Crippen molar-refractivity contribution in [1.82, 2.24) is 10.6 Å². The van der Waals surface area contributed by atoms with Crippen LogP contribution in [0.2, 0.25) is 0 Å². The summed E-state index contributed by atoms with van der Waals surface area (Å²) in [6.07, 6.45) is -0.855. The number of Topliss-reactive ketones (excluding diaryl/α,β-unsaturated/α-hetero) is 1. The lowest BCUT2D eigenvalue weighted by Crippen LogP contribution is -2.47. The molecule has 0 saturated heterocycles. The van der Waals surface area contributed by atoms with Crippen LogP contribution in [0.4, 0.5) is 10.1 Å². The molecule has 0 heterocycles. The van der Waals surface area contributed by atoms with Gasteiger partial charge in [0, 0.05) is 11.3 Å². The number of methoxy groups -OCH3 is 1. The molecule has 0 bridgehead atoms. The van der Waals surface area contributed by atoms with E-state index in [1.165, 1.54) is 7.11 Å². The zero-order valence-corrected chi connectivity index (χ0v) is 14.1. The van der Waals surface area contributed by atoms with Crippen molar-refractivity contribution in [2.45, 2.75) is 18.9 Å². The molecule has 1 aromatic carbocycles. The largest absolute Gasteiger partial charge is 0.496 e. The highest BCUT2D eigenvalue weighted by Crippen LogP contribution is 2.21. The Hall–Kier alpha value is -3.17. The fourth-order valence-electron chi connectivity index (χ4n) is 2.11. The Labute approximate surface area is 148 Å². The van der Waals surface area contributed by atoms with E-state index in [9.17, 15) is 23.6 Å². The Kier molecular flexibility index (Phi) is 8.00. The minimum atomic E-state index is -1.49. The molecular weight excluding hydrogens is 349 g/mol. The molecule has 0 radical (unpaired) electrons. The van der Waals surface area contributed by atoms with Crippen LogP contribution in [-0.4, -0.2) is 55.0 Å². The summed E-state index contributed by atoms with van der Waals surface area (Å²) >= 11 is 0. The zero-order chi connectivity index (χ0) is 19.7. The Morgan fingerprint density at radius 3 is 2.54 bits per heavy atom. The second-order valence-corrected chi connectivity index (χ2v) is 5.34. The highest BCUT2D eigenvalue weighted by molar-refractivity contribution is 5.94. The van der Waals surface area contributed by atoms with Crippen LogP contribution in [0, 0.1) is 0 Å². The van der Waals surface area contributed by atoms with E-state index in [1.807, 2.05) is 0 Å². The van der Waals surface area contributed by atoms with Crippen molar-refractivity contribution >= 4 is 29.3 Å². The molecule has 26 heavy (non-hydrogen) atoms. The third-order valence-electron chi connectivity index (χ3n) is 3.34. The van der Waals surface area contributed by atoms with Crippen LogP contribution in [0.25, 0.3) is 0 Å². The number of anilines is 1. The van der Waals surface area contributed by atoms with Crippen LogP contribution in [0.3, 0.4) is 0 Å². The Morgan fingerprint density at radius 1 is 1.27 bits per heavy atom. The van der Waals surface area contributed by atoms with Crippen LogP contribution in [-0.2, 0) is 25.6 Å². The van der Waals surface area contributed by atoms with Gasteiger partial charge in [-0.15, -0.1) is 0 Å². The summed E-state index contributed by atoms with van der Waals surface area (Å²) < 4.78 is 17.5. The number of carbonyl (C=O) groups excluding carboxylic acids is 3. The molecule has 0 saturated carbocycles. The summed E-state index contributed by atoms with van der Waals surface area (Å²) in [5, 5.41) is 13.1. The van der Waals surface area contributed by atoms with Gasteiger partial charge in [-0.25, -0.2) is 4.39 Å². The molecule has 9 nitrogen and oxygen atoms in total. The summed E-state index contributed by atoms with van der Waals surface area (Å²) in [5.74, 6) is -3.30. The summed E-state index contributed by atoms with van der Waals surface area (Å²) in [4.78, 5) is 45.6. The number of alkyl halides is 1. The van der Waals surface area contributed by atoms with Gasteiger partial charge in [-0.1, -0.05) is 0 Å². The maximum absolute atomic E-state index is 12.4. The number of halogens is 1. The quantitative estimate of drug-likeness (QED) is 0.404. The molecule has 0 spiro atoms. The normalized spacial score (nSPS) is 11.3. The summed E-state index contributed by atoms with van der Waals surface area (Å²) in [7, 11) is 1.44. The lowest BCUT2D eigenvalue weighted by molar-refractivity contribution is -0.140. The van der Waals surface area contributed by atoms with Crippen LogP contribution < -0.4 is 21.1 Å². The number of carbonyl (C=O) groups is 4. The fourth-order valence-corrected chi connectivity index (χ4v) is 2.11. The van der Waals surface area contributed by atoms with Crippen molar-refractivity contribution in [2.75, 3.05) is 26.1 Å². The van der Waals surface area contributed by atoms with Gasteiger partial charge >= 0.3 is 5.97 Å². The number of aliphatic carboxylic acids is 1. The number of carboxylic acids is 1. The number of nitrogens with two attached hydrogens (primary N) is 1. The van der Waals surface area contributed by atoms with E-state index in [0.29, 0.717) is 17.0 Å². The zero-order valence-electron chi connectivity index (χ0n) is 14.1. The van der Waals surface area contributed by atoms with E-state index < -0.39 is 49.2 Å². The maximum Gasteiger partial charge on any atom is 0.305 e. The molecule has 1 aromatic rings. The van der Waals surface area contributed by atoms with Crippen LogP contribution in [0.5, 0.6) is 5.75 Å². The number of ketones is 1. The molecule has 0 aliphatic carbocycles. The number of ether oxygens (including phenoxy) is 1. The number of rotatable bonds is 10. The van der Waals surface area contributed by atoms with Gasteiger partial charge in [0.05, 0.1) is 26.5 Å². The maximum atomic E-state index is 12.4. The fraction of sp³-hybridized carbons (Fsp3) is 0.375. The molecular formula is C16H20FN3O6. The van der Waals surface area contributed by atoms with Crippen molar-refractivity contribution in [2.24, 2.45) is 0 Å². The first-order chi connectivity index (χ1) is 12.3. The lowest BCUT2D eigenvalue weighted by atomic mass is 10.1. The smallest absolute Gasteiger partial charge is 0.305 e. The van der Waals surface area contributed by atoms with Gasteiger partial charge in [0.1, 0.15) is 18.5 Å². The number of amides is 2. The van der Waals surface area contributed by atoms with Gasteiger partial charge in [-0.05, 0) is 18.2 Å². The van der Waals surface area contributed by atoms with Crippen molar-refractivity contribution in [3.8, 4) is 5.75 Å². The van der Waals surface area contributed by atoms with Crippen molar-refractivity contribution in [1.29, 1.82) is 0 Å². The summed E-state index contributed by atoms with van der Waals surface area (Å²) in [6.45, 7) is -1.90. The third-order valence-corrected chi connectivity index (χ3v) is 3.34. The standard InChI is InChI=1S/C16H20FN3O6/c1-26-13-3-2-10(18)4-9(13)5-14(22)19-8-15(23)20-11(6-16(24)25)12(21)7-17/h2-4,11H,5-8,18H2,1H3,(H,19,22)(H,20,23)(H,24,25). The van der Waals surface area contributed by atoms with Crippen LogP contribution in [0.1, 0.15) is 12.0 Å². The number of hydrogen-bond acceptors (Lipinski definition) is 6. The molecule has 0 fully saturated rings. The predicted octanol–water partition coefficient (Wildman–Crippen LogP) is -0.566. The first kappa shape index (κ1) is 20.9. The molecule has 1 rings (SSSR count). The monoisotopic (exact) mass is 369 g/mol. The van der Waals surface area contributed by atoms with Crippen LogP contribution >= 0.6 is 0 Å². The first-order valence-corrected chi connectivity index (χ1v) is 7.55. The van der Waals surface area contributed by atoms with Crippen molar-refractivity contribution in [3.05, 3.63) is 23.8 Å². The predicted molar refractivity (Wildman–Crippen MR) is 89.3 cm³/mol. The van der Waals surface area contributed by atoms with Crippen molar-refractivity contribution in [3.63, 3.8) is 0 Å². The third kappa shape index (κ3) is 6.75. The highest BCUT2D eigenvalue weighted by Gasteiger charge is 2.23. The average Bonchev–Trinajstić information content (AvgIpc) is 2.58. The minimum Gasteiger partial charge on any atom is -0.496 e. The van der Waals surface area contributed by atoms with E-state index in [0.717, 1.165) is 0 Å². The molecule has 1 atom stereocenters. The van der Waals surface area contributed by atoms with Gasteiger partial charge in [0.2, 0.25) is 11.8 Å². The molecule has 10 heteroatoms. The molecule has 0 aliphatic rings. The number of nitrogen functional groups attached to an aromatic ring is 1. The van der Waals surface area contributed by atoms with E-state index in [2.05, 4.69) is 10.6 Å². The van der Waals surface area contributed by atoms with Crippen LogP contribution in [0.15, 0.2) is 18.2 Å². The van der Waals surface area contributed by atoms with Gasteiger partial charge in [-0.2, -0.15) is 0 Å². The first-order valence-electron chi connectivity index (χ1n) is 7.55. The van der Waals surface area contributed by atoms with Gasteiger partial charge < -0.3 is 26.2 Å². The number of nitrogens with one attached hydrogen (secondary N) is 2. The number of carboxylic acid groups (broad SMARTS) is 1. The highest BCUT2D eigenvalue weighted by atomic mass is 19.1. The lowest BCUT2D eigenvalue weighted by Gasteiger charge is -2.15. The van der Waals surface area contributed by atoms with E-state index >= 15 is 0 Å². The number of benzene rings is 1. The molecule has 1 unspecified atom stereocenters.